The molecule has 0 bridgehead atoms. The Balaban J connectivity index is 2.47. The van der Waals surface area contributed by atoms with Gasteiger partial charge in [-0.2, -0.15) is 10.4 Å². The molecule has 0 aliphatic rings. The van der Waals surface area contributed by atoms with Crippen LogP contribution in [0.15, 0.2) is 18.2 Å². The molecule has 5 heteroatoms. The van der Waals surface area contributed by atoms with Gasteiger partial charge in [-0.3, -0.25) is 0 Å². The van der Waals surface area contributed by atoms with Gasteiger partial charge in [-0.25, -0.2) is 4.39 Å². The Hall–Kier alpha value is -2.48. The van der Waals surface area contributed by atoms with Crippen molar-refractivity contribution in [2.24, 2.45) is 0 Å². The van der Waals surface area contributed by atoms with Gasteiger partial charge in [0.1, 0.15) is 17.4 Å². The number of halogens is 1. The summed E-state index contributed by atoms with van der Waals surface area (Å²) in [6, 6.07) is 6.78. The number of nitriles is 1. The van der Waals surface area contributed by atoms with Crippen molar-refractivity contribution in [2.45, 2.75) is 20.8 Å². The molecule has 19 heavy (non-hydrogen) atoms. The highest BCUT2D eigenvalue weighted by Gasteiger charge is 2.12. The van der Waals surface area contributed by atoms with Crippen molar-refractivity contribution in [1.82, 2.24) is 10.2 Å². The van der Waals surface area contributed by atoms with Gasteiger partial charge in [0.25, 0.3) is 0 Å². The van der Waals surface area contributed by atoms with Crippen LogP contribution in [0.5, 0.6) is 0 Å². The number of benzene rings is 1. The maximum Gasteiger partial charge on any atom is 0.171 e. The predicted molar refractivity (Wildman–Crippen MR) is 70.6 cm³/mol. The van der Waals surface area contributed by atoms with Crippen LogP contribution < -0.4 is 5.32 Å². The zero-order chi connectivity index (χ0) is 14.0. The van der Waals surface area contributed by atoms with Gasteiger partial charge in [0, 0.05) is 0 Å². The van der Waals surface area contributed by atoms with Crippen molar-refractivity contribution in [1.29, 1.82) is 5.26 Å². The first-order chi connectivity index (χ1) is 9.02. The highest BCUT2D eigenvalue weighted by molar-refractivity contribution is 5.65. The van der Waals surface area contributed by atoms with Gasteiger partial charge < -0.3 is 5.32 Å². The van der Waals surface area contributed by atoms with Crippen molar-refractivity contribution in [3.8, 4) is 6.07 Å². The van der Waals surface area contributed by atoms with E-state index < -0.39 is 5.82 Å². The van der Waals surface area contributed by atoms with E-state index >= 15 is 0 Å². The SMILES string of the molecule is Cc1ccc(F)c(Nc2nnc(C)c(C)c2C#N)c1. The molecule has 0 spiro atoms. The first kappa shape index (κ1) is 13.0. The van der Waals surface area contributed by atoms with E-state index in [9.17, 15) is 9.65 Å². The Morgan fingerprint density at radius 2 is 1.95 bits per heavy atom. The van der Waals surface area contributed by atoms with Gasteiger partial charge in [0.05, 0.1) is 11.4 Å². The number of nitrogens with zero attached hydrogens (tertiary/aromatic N) is 3. The minimum atomic E-state index is -0.394. The monoisotopic (exact) mass is 256 g/mol. The predicted octanol–water partition coefficient (Wildman–Crippen LogP) is 3.16. The molecule has 0 amide bonds. The van der Waals surface area contributed by atoms with E-state index in [0.29, 0.717) is 11.3 Å². The summed E-state index contributed by atoms with van der Waals surface area (Å²) in [4.78, 5) is 0. The topological polar surface area (TPSA) is 61.6 Å². The highest BCUT2D eigenvalue weighted by Crippen LogP contribution is 2.24. The Morgan fingerprint density at radius 1 is 1.21 bits per heavy atom. The quantitative estimate of drug-likeness (QED) is 0.896. The van der Waals surface area contributed by atoms with E-state index in [4.69, 9.17) is 0 Å². The fraction of sp³-hybridized carbons (Fsp3) is 0.214. The number of anilines is 2. The Bertz CT molecular complexity index is 674. The number of rotatable bonds is 2. The summed E-state index contributed by atoms with van der Waals surface area (Å²) < 4.78 is 13.7. The fourth-order valence-electron chi connectivity index (χ4n) is 1.70. The summed E-state index contributed by atoms with van der Waals surface area (Å²) in [6.45, 7) is 5.43. The lowest BCUT2D eigenvalue weighted by Crippen LogP contribution is -2.04. The number of hydrogen-bond donors (Lipinski definition) is 1. The second kappa shape index (κ2) is 5.02. The lowest BCUT2D eigenvalue weighted by Gasteiger charge is -2.10. The molecule has 0 unspecified atom stereocenters. The van der Waals surface area contributed by atoms with E-state index in [1.165, 1.54) is 6.07 Å². The summed E-state index contributed by atoms with van der Waals surface area (Å²) in [5.74, 6) is -0.121. The molecule has 0 radical (unpaired) electrons. The molecule has 1 aromatic carbocycles. The molecular formula is C14H13FN4. The molecule has 1 N–H and O–H groups in total. The average Bonchev–Trinajstić information content (AvgIpc) is 2.38. The third kappa shape index (κ3) is 2.52. The lowest BCUT2D eigenvalue weighted by atomic mass is 10.1. The normalized spacial score (nSPS) is 10.1. The Labute approximate surface area is 110 Å². The van der Waals surface area contributed by atoms with Crippen LogP contribution in [-0.4, -0.2) is 10.2 Å². The molecule has 0 aliphatic carbocycles. The van der Waals surface area contributed by atoms with Gasteiger partial charge >= 0.3 is 0 Å². The summed E-state index contributed by atoms with van der Waals surface area (Å²) in [5.41, 5.74) is 3.02. The minimum absolute atomic E-state index is 0.273. The van der Waals surface area contributed by atoms with Crippen LogP contribution in [0.25, 0.3) is 0 Å². The van der Waals surface area contributed by atoms with Crippen LogP contribution >= 0.6 is 0 Å². The van der Waals surface area contributed by atoms with E-state index in [1.807, 2.05) is 6.92 Å². The maximum atomic E-state index is 13.7. The van der Waals surface area contributed by atoms with E-state index in [1.54, 1.807) is 26.0 Å². The van der Waals surface area contributed by atoms with Crippen LogP contribution in [0.2, 0.25) is 0 Å². The van der Waals surface area contributed by atoms with Gasteiger partial charge in [-0.15, -0.1) is 5.10 Å². The number of hydrogen-bond acceptors (Lipinski definition) is 4. The van der Waals surface area contributed by atoms with Gasteiger partial charge in [0.2, 0.25) is 0 Å². The average molecular weight is 256 g/mol. The van der Waals surface area contributed by atoms with Crippen molar-refractivity contribution < 1.29 is 4.39 Å². The molecule has 2 aromatic rings. The zero-order valence-corrected chi connectivity index (χ0v) is 11.0. The highest BCUT2D eigenvalue weighted by atomic mass is 19.1. The molecule has 0 saturated carbocycles. The third-order valence-corrected chi connectivity index (χ3v) is 2.94. The molecule has 1 aromatic heterocycles. The molecule has 96 valence electrons. The Morgan fingerprint density at radius 3 is 2.63 bits per heavy atom. The van der Waals surface area contributed by atoms with E-state index in [0.717, 1.165) is 11.1 Å². The van der Waals surface area contributed by atoms with Gasteiger partial charge in [0.15, 0.2) is 5.82 Å². The third-order valence-electron chi connectivity index (χ3n) is 2.94. The van der Waals surface area contributed by atoms with Crippen molar-refractivity contribution in [2.75, 3.05) is 5.32 Å². The van der Waals surface area contributed by atoms with E-state index in [2.05, 4.69) is 21.6 Å². The van der Waals surface area contributed by atoms with Crippen molar-refractivity contribution in [3.63, 3.8) is 0 Å². The van der Waals surface area contributed by atoms with Crippen LogP contribution in [0.3, 0.4) is 0 Å². The molecule has 1 heterocycles. The molecule has 4 nitrogen and oxygen atoms in total. The first-order valence-electron chi connectivity index (χ1n) is 5.80. The smallest absolute Gasteiger partial charge is 0.171 e. The van der Waals surface area contributed by atoms with Gasteiger partial charge in [-0.05, 0) is 44.0 Å². The second-order valence-electron chi connectivity index (χ2n) is 4.35. The summed E-state index contributed by atoms with van der Waals surface area (Å²) in [5, 5.41) is 19.9. The zero-order valence-electron chi connectivity index (χ0n) is 11.0. The molecule has 0 aliphatic heterocycles. The molecule has 0 fully saturated rings. The summed E-state index contributed by atoms with van der Waals surface area (Å²) >= 11 is 0. The number of aryl methyl sites for hydroxylation is 2. The molecule has 2 rings (SSSR count). The number of aromatic nitrogens is 2. The van der Waals surface area contributed by atoms with Gasteiger partial charge in [-0.1, -0.05) is 6.07 Å². The first-order valence-corrected chi connectivity index (χ1v) is 5.80. The molecule has 0 saturated heterocycles. The largest absolute Gasteiger partial charge is 0.335 e. The second-order valence-corrected chi connectivity index (χ2v) is 4.35. The van der Waals surface area contributed by atoms with Crippen molar-refractivity contribution >= 4 is 11.5 Å². The van der Waals surface area contributed by atoms with Crippen LogP contribution in [0.1, 0.15) is 22.4 Å². The molecule has 0 atom stereocenters. The maximum absolute atomic E-state index is 13.7. The van der Waals surface area contributed by atoms with Crippen LogP contribution in [0, 0.1) is 37.9 Å². The summed E-state index contributed by atoms with van der Waals surface area (Å²) in [7, 11) is 0. The number of nitrogens with one attached hydrogen (secondary N) is 1. The molecular weight excluding hydrogens is 243 g/mol. The lowest BCUT2D eigenvalue weighted by molar-refractivity contribution is 0.631. The minimum Gasteiger partial charge on any atom is -0.335 e. The standard InChI is InChI=1S/C14H13FN4/c1-8-4-5-12(15)13(6-8)17-14-11(7-16)9(2)10(3)18-19-14/h4-6H,1-3H3,(H,17,19). The van der Waals surface area contributed by atoms with E-state index in [-0.39, 0.29) is 11.5 Å². The van der Waals surface area contributed by atoms with Crippen LogP contribution in [0.4, 0.5) is 15.9 Å². The van der Waals surface area contributed by atoms with Crippen LogP contribution in [-0.2, 0) is 0 Å². The fourth-order valence-corrected chi connectivity index (χ4v) is 1.70. The Kier molecular flexibility index (Phi) is 3.43. The van der Waals surface area contributed by atoms with Crippen molar-refractivity contribution in [3.05, 3.63) is 46.4 Å². The summed E-state index contributed by atoms with van der Waals surface area (Å²) in [6.07, 6.45) is 0.